The van der Waals surface area contributed by atoms with Crippen molar-refractivity contribution in [1.29, 1.82) is 0 Å². The molecular formula is C13H19N3O3. The van der Waals surface area contributed by atoms with E-state index >= 15 is 0 Å². The summed E-state index contributed by atoms with van der Waals surface area (Å²) in [6.45, 7) is 3.94. The second-order valence-electron chi connectivity index (χ2n) is 4.40. The summed E-state index contributed by atoms with van der Waals surface area (Å²) >= 11 is 0. The van der Waals surface area contributed by atoms with Crippen LogP contribution in [0.4, 0.5) is 0 Å². The fourth-order valence-electron chi connectivity index (χ4n) is 1.56. The van der Waals surface area contributed by atoms with E-state index in [2.05, 4.69) is 9.98 Å². The summed E-state index contributed by atoms with van der Waals surface area (Å²) in [5.74, 6) is -0.842. The van der Waals surface area contributed by atoms with Gasteiger partial charge in [0.15, 0.2) is 0 Å². The number of carboxylic acids is 1. The summed E-state index contributed by atoms with van der Waals surface area (Å²) in [4.78, 5) is 18.7. The third kappa shape index (κ3) is 4.33. The van der Waals surface area contributed by atoms with Gasteiger partial charge < -0.3 is 15.9 Å². The molecule has 0 bridgehead atoms. The highest BCUT2D eigenvalue weighted by Gasteiger charge is 2.10. The van der Waals surface area contributed by atoms with E-state index in [1.807, 2.05) is 6.92 Å². The van der Waals surface area contributed by atoms with Crippen molar-refractivity contribution in [2.24, 2.45) is 10.7 Å². The number of hydrogen-bond donors (Lipinski definition) is 3. The van der Waals surface area contributed by atoms with Crippen LogP contribution in [0.15, 0.2) is 11.2 Å². The van der Waals surface area contributed by atoms with Gasteiger partial charge in [0.05, 0.1) is 12.2 Å². The SMILES string of the molecule is Cc1cnc(C)c(O)c1C/N=C/CC[C@H](N)C(=O)O. The van der Waals surface area contributed by atoms with Crippen molar-refractivity contribution >= 4 is 12.2 Å². The van der Waals surface area contributed by atoms with E-state index in [1.54, 1.807) is 19.3 Å². The van der Waals surface area contributed by atoms with Crippen molar-refractivity contribution in [2.45, 2.75) is 39.3 Å². The Kier molecular flexibility index (Phi) is 5.44. The van der Waals surface area contributed by atoms with Crippen molar-refractivity contribution in [3.05, 3.63) is 23.0 Å². The van der Waals surface area contributed by atoms with Crippen LogP contribution in [-0.2, 0) is 11.3 Å². The predicted molar refractivity (Wildman–Crippen MR) is 72.4 cm³/mol. The molecule has 0 amide bonds. The van der Waals surface area contributed by atoms with E-state index in [-0.39, 0.29) is 5.75 Å². The van der Waals surface area contributed by atoms with Gasteiger partial charge in [-0.3, -0.25) is 14.8 Å². The average Bonchev–Trinajstić information content (AvgIpc) is 2.37. The molecule has 1 heterocycles. The maximum atomic E-state index is 10.5. The van der Waals surface area contributed by atoms with Crippen LogP contribution in [0, 0.1) is 13.8 Å². The molecule has 4 N–H and O–H groups in total. The monoisotopic (exact) mass is 265 g/mol. The molecule has 6 heteroatoms. The molecule has 1 atom stereocenters. The molecule has 0 saturated carbocycles. The van der Waals surface area contributed by atoms with Gasteiger partial charge in [-0.05, 0) is 38.5 Å². The molecule has 1 aromatic rings. The zero-order valence-electron chi connectivity index (χ0n) is 11.1. The normalized spacial score (nSPS) is 12.8. The number of aryl methyl sites for hydroxylation is 2. The molecule has 1 aromatic heterocycles. The number of pyridine rings is 1. The number of aliphatic carboxylic acids is 1. The van der Waals surface area contributed by atoms with E-state index in [9.17, 15) is 9.90 Å². The summed E-state index contributed by atoms with van der Waals surface area (Å²) in [6.07, 6.45) is 4.17. The molecule has 0 fully saturated rings. The van der Waals surface area contributed by atoms with Crippen LogP contribution in [0.3, 0.4) is 0 Å². The van der Waals surface area contributed by atoms with Gasteiger partial charge in [0.2, 0.25) is 0 Å². The van der Waals surface area contributed by atoms with Crippen LogP contribution in [0.5, 0.6) is 5.75 Å². The molecule has 0 aliphatic heterocycles. The van der Waals surface area contributed by atoms with Gasteiger partial charge in [0.1, 0.15) is 11.8 Å². The molecule has 19 heavy (non-hydrogen) atoms. The van der Waals surface area contributed by atoms with Crippen LogP contribution in [0.1, 0.15) is 29.7 Å². The molecule has 0 saturated heterocycles. The highest BCUT2D eigenvalue weighted by atomic mass is 16.4. The number of aliphatic imine (C=N–C) groups is 1. The zero-order chi connectivity index (χ0) is 14.4. The third-order valence-corrected chi connectivity index (χ3v) is 2.86. The number of nitrogens with zero attached hydrogens (tertiary/aromatic N) is 2. The number of carbonyl (C=O) groups is 1. The molecule has 0 aliphatic carbocycles. The second kappa shape index (κ2) is 6.84. The summed E-state index contributed by atoms with van der Waals surface area (Å²) in [6, 6.07) is -0.857. The smallest absolute Gasteiger partial charge is 0.320 e. The maximum absolute atomic E-state index is 10.5. The third-order valence-electron chi connectivity index (χ3n) is 2.86. The molecule has 1 rings (SSSR count). The van der Waals surface area contributed by atoms with E-state index in [0.717, 1.165) is 11.1 Å². The highest BCUT2D eigenvalue weighted by molar-refractivity contribution is 5.73. The van der Waals surface area contributed by atoms with E-state index in [1.165, 1.54) is 0 Å². The Balaban J connectivity index is 2.53. The van der Waals surface area contributed by atoms with Gasteiger partial charge >= 0.3 is 5.97 Å². The molecule has 104 valence electrons. The molecule has 6 nitrogen and oxygen atoms in total. The lowest BCUT2D eigenvalue weighted by Gasteiger charge is -2.07. The summed E-state index contributed by atoms with van der Waals surface area (Å²) < 4.78 is 0. The standard InChI is InChI=1S/C13H19N3O3/c1-8-6-16-9(2)12(17)10(8)7-15-5-3-4-11(14)13(18)19/h5-6,11,17H,3-4,7,14H2,1-2H3,(H,18,19)/b15-5+/t11-/m0/s1. The molecule has 0 spiro atoms. The van der Waals surface area contributed by atoms with Gasteiger partial charge in [-0.15, -0.1) is 0 Å². The van der Waals surface area contributed by atoms with Gasteiger partial charge in [0.25, 0.3) is 0 Å². The van der Waals surface area contributed by atoms with Gasteiger partial charge in [-0.25, -0.2) is 0 Å². The molecular weight excluding hydrogens is 246 g/mol. The fourth-order valence-corrected chi connectivity index (χ4v) is 1.56. The largest absolute Gasteiger partial charge is 0.506 e. The minimum Gasteiger partial charge on any atom is -0.506 e. The summed E-state index contributed by atoms with van der Waals surface area (Å²) in [5, 5.41) is 18.5. The Morgan fingerprint density at radius 1 is 1.58 bits per heavy atom. The lowest BCUT2D eigenvalue weighted by molar-refractivity contribution is -0.138. The first-order chi connectivity index (χ1) is 8.93. The first kappa shape index (κ1) is 15.1. The molecule has 0 unspecified atom stereocenters. The first-order valence-electron chi connectivity index (χ1n) is 6.04. The van der Waals surface area contributed by atoms with E-state index in [0.29, 0.717) is 25.1 Å². The number of rotatable bonds is 6. The van der Waals surface area contributed by atoms with Crippen LogP contribution in [-0.4, -0.2) is 33.4 Å². The van der Waals surface area contributed by atoms with E-state index in [4.69, 9.17) is 10.8 Å². The maximum Gasteiger partial charge on any atom is 0.320 e. The topological polar surface area (TPSA) is 109 Å². The fraction of sp³-hybridized carbons (Fsp3) is 0.462. The van der Waals surface area contributed by atoms with Crippen molar-refractivity contribution in [1.82, 2.24) is 4.98 Å². The molecule has 0 aromatic carbocycles. The lowest BCUT2D eigenvalue weighted by atomic mass is 10.1. The summed E-state index contributed by atoms with van der Waals surface area (Å²) in [5.41, 5.74) is 7.56. The van der Waals surface area contributed by atoms with E-state index < -0.39 is 12.0 Å². The van der Waals surface area contributed by atoms with Gasteiger partial charge in [-0.2, -0.15) is 0 Å². The molecule has 0 aliphatic rings. The van der Waals surface area contributed by atoms with Crippen molar-refractivity contribution in [2.75, 3.05) is 0 Å². The predicted octanol–water partition coefficient (Wildman–Crippen LogP) is 1.17. The Morgan fingerprint density at radius 2 is 2.26 bits per heavy atom. The van der Waals surface area contributed by atoms with Gasteiger partial charge in [-0.1, -0.05) is 0 Å². The quantitative estimate of drug-likeness (QED) is 0.669. The Bertz CT molecular complexity index is 486. The van der Waals surface area contributed by atoms with Crippen molar-refractivity contribution in [3.8, 4) is 5.75 Å². The Morgan fingerprint density at radius 3 is 2.89 bits per heavy atom. The average molecular weight is 265 g/mol. The lowest BCUT2D eigenvalue weighted by Crippen LogP contribution is -2.29. The zero-order valence-corrected chi connectivity index (χ0v) is 11.1. The van der Waals surface area contributed by atoms with Crippen molar-refractivity contribution < 1.29 is 15.0 Å². The Labute approximate surface area is 112 Å². The van der Waals surface area contributed by atoms with Gasteiger partial charge in [0, 0.05) is 11.8 Å². The first-order valence-corrected chi connectivity index (χ1v) is 6.04. The number of aromatic hydroxyl groups is 1. The Hall–Kier alpha value is -1.95. The summed E-state index contributed by atoms with van der Waals surface area (Å²) in [7, 11) is 0. The second-order valence-corrected chi connectivity index (χ2v) is 4.40. The number of carboxylic acid groups (broad SMARTS) is 1. The minimum absolute atomic E-state index is 0.166. The number of nitrogens with two attached hydrogens (primary N) is 1. The van der Waals surface area contributed by atoms with Crippen molar-refractivity contribution in [3.63, 3.8) is 0 Å². The van der Waals surface area contributed by atoms with Crippen LogP contribution >= 0.6 is 0 Å². The number of hydrogen-bond acceptors (Lipinski definition) is 5. The van der Waals surface area contributed by atoms with Crippen LogP contribution in [0.25, 0.3) is 0 Å². The number of aromatic nitrogens is 1. The van der Waals surface area contributed by atoms with Crippen LogP contribution < -0.4 is 5.73 Å². The molecule has 0 radical (unpaired) electrons. The highest BCUT2D eigenvalue weighted by Crippen LogP contribution is 2.23. The minimum atomic E-state index is -1.01. The van der Waals surface area contributed by atoms with Crippen LogP contribution in [0.2, 0.25) is 0 Å².